The highest BCUT2D eigenvalue weighted by Crippen LogP contribution is 2.22. The minimum Gasteiger partial charge on any atom is -0.480 e. The molecule has 2 heterocycles. The van der Waals surface area contributed by atoms with E-state index in [2.05, 4.69) is 5.32 Å². The summed E-state index contributed by atoms with van der Waals surface area (Å²) in [4.78, 5) is 25.1. The highest BCUT2D eigenvalue weighted by atomic mass is 35.5. The molecule has 0 spiro atoms. The van der Waals surface area contributed by atoms with Crippen molar-refractivity contribution in [2.75, 3.05) is 13.1 Å². The van der Waals surface area contributed by atoms with Crippen LogP contribution in [0.4, 0.5) is 0 Å². The Morgan fingerprint density at radius 2 is 2.35 bits per heavy atom. The maximum atomic E-state index is 12.0. The molecule has 1 amide bonds. The van der Waals surface area contributed by atoms with Crippen LogP contribution in [0.25, 0.3) is 0 Å². The van der Waals surface area contributed by atoms with Crippen LogP contribution < -0.4 is 5.32 Å². The summed E-state index contributed by atoms with van der Waals surface area (Å²) in [6.07, 6.45) is 0.294. The third-order valence-electron chi connectivity index (χ3n) is 3.09. The van der Waals surface area contributed by atoms with Gasteiger partial charge in [0.1, 0.15) is 6.04 Å². The number of rotatable bonds is 4. The van der Waals surface area contributed by atoms with Gasteiger partial charge in [0.2, 0.25) is 0 Å². The molecule has 1 fully saturated rings. The predicted octanol–water partition coefficient (Wildman–Crippen LogP) is 1.18. The second-order valence-corrected chi connectivity index (χ2v) is 6.17. The molecule has 0 aromatic carbocycles. The maximum absolute atomic E-state index is 12.0. The lowest BCUT2D eigenvalue weighted by Crippen LogP contribution is -2.37. The zero-order chi connectivity index (χ0) is 14.7. The SMILES string of the molecule is N#CCN1CC(NC(=O)c2ccc(Cl)s2)CC1C(=O)O. The summed E-state index contributed by atoms with van der Waals surface area (Å²) in [6, 6.07) is 4.19. The molecule has 0 aliphatic carbocycles. The number of aliphatic carboxylic acids is 1. The highest BCUT2D eigenvalue weighted by Gasteiger charge is 2.37. The van der Waals surface area contributed by atoms with Crippen molar-refractivity contribution in [1.29, 1.82) is 5.26 Å². The normalized spacial score (nSPS) is 22.4. The Labute approximate surface area is 124 Å². The third kappa shape index (κ3) is 3.28. The quantitative estimate of drug-likeness (QED) is 0.814. The number of carboxylic acids is 1. The van der Waals surface area contributed by atoms with Gasteiger partial charge in [-0.05, 0) is 18.6 Å². The molecule has 6 nitrogen and oxygen atoms in total. The number of halogens is 1. The van der Waals surface area contributed by atoms with Gasteiger partial charge >= 0.3 is 5.97 Å². The Morgan fingerprint density at radius 1 is 1.60 bits per heavy atom. The second kappa shape index (κ2) is 6.22. The molecule has 106 valence electrons. The Kier molecular flexibility index (Phi) is 4.60. The zero-order valence-corrected chi connectivity index (χ0v) is 11.9. The van der Waals surface area contributed by atoms with E-state index in [1.165, 1.54) is 11.3 Å². The van der Waals surface area contributed by atoms with Crippen molar-refractivity contribution >= 4 is 34.8 Å². The zero-order valence-electron chi connectivity index (χ0n) is 10.4. The Bertz CT molecular complexity index is 569. The Hall–Kier alpha value is -1.62. The van der Waals surface area contributed by atoms with Crippen LogP contribution in [0, 0.1) is 11.3 Å². The van der Waals surface area contributed by atoms with Crippen LogP contribution >= 0.6 is 22.9 Å². The van der Waals surface area contributed by atoms with Gasteiger partial charge in [0.25, 0.3) is 5.91 Å². The fourth-order valence-corrected chi connectivity index (χ4v) is 3.17. The van der Waals surface area contributed by atoms with Crippen LogP contribution in [-0.4, -0.2) is 47.1 Å². The van der Waals surface area contributed by atoms with Gasteiger partial charge in [-0.1, -0.05) is 11.6 Å². The van der Waals surface area contributed by atoms with Crippen LogP contribution in [0.2, 0.25) is 4.34 Å². The second-order valence-electron chi connectivity index (χ2n) is 4.45. The number of thiophene rings is 1. The van der Waals surface area contributed by atoms with Gasteiger partial charge in [-0.25, -0.2) is 0 Å². The van der Waals surface area contributed by atoms with Crippen molar-refractivity contribution in [2.45, 2.75) is 18.5 Å². The fraction of sp³-hybridized carbons (Fsp3) is 0.417. The van der Waals surface area contributed by atoms with Crippen molar-refractivity contribution in [2.24, 2.45) is 0 Å². The molecule has 1 aromatic heterocycles. The lowest BCUT2D eigenvalue weighted by molar-refractivity contribution is -0.141. The summed E-state index contributed by atoms with van der Waals surface area (Å²) >= 11 is 6.94. The first-order valence-electron chi connectivity index (χ1n) is 5.91. The monoisotopic (exact) mass is 313 g/mol. The first kappa shape index (κ1) is 14.8. The van der Waals surface area contributed by atoms with E-state index in [-0.39, 0.29) is 18.5 Å². The van der Waals surface area contributed by atoms with Crippen LogP contribution in [0.15, 0.2) is 12.1 Å². The van der Waals surface area contributed by atoms with Crippen LogP contribution in [0.3, 0.4) is 0 Å². The number of carboxylic acid groups (broad SMARTS) is 1. The smallest absolute Gasteiger partial charge is 0.321 e. The molecular weight excluding hydrogens is 302 g/mol. The maximum Gasteiger partial charge on any atom is 0.321 e. The topological polar surface area (TPSA) is 93.4 Å². The van der Waals surface area contributed by atoms with Gasteiger partial charge in [-0.3, -0.25) is 14.5 Å². The summed E-state index contributed by atoms with van der Waals surface area (Å²) in [5.41, 5.74) is 0. The van der Waals surface area contributed by atoms with Gasteiger partial charge < -0.3 is 10.4 Å². The van der Waals surface area contributed by atoms with Gasteiger partial charge in [-0.15, -0.1) is 11.3 Å². The van der Waals surface area contributed by atoms with E-state index >= 15 is 0 Å². The number of amides is 1. The van der Waals surface area contributed by atoms with E-state index in [1.807, 2.05) is 6.07 Å². The summed E-state index contributed by atoms with van der Waals surface area (Å²) in [5.74, 6) is -1.24. The molecule has 1 saturated heterocycles. The predicted molar refractivity (Wildman–Crippen MR) is 73.8 cm³/mol. The average Bonchev–Trinajstić information content (AvgIpc) is 2.96. The average molecular weight is 314 g/mol. The number of likely N-dealkylation sites (tertiary alicyclic amines) is 1. The molecule has 1 aliphatic heterocycles. The number of carbonyl (C=O) groups is 2. The van der Waals surface area contributed by atoms with Crippen LogP contribution in [0.5, 0.6) is 0 Å². The summed E-state index contributed by atoms with van der Waals surface area (Å²) in [7, 11) is 0. The molecule has 2 rings (SSSR count). The number of hydrogen-bond acceptors (Lipinski definition) is 5. The van der Waals surface area contributed by atoms with Crippen molar-refractivity contribution in [3.8, 4) is 6.07 Å². The minimum absolute atomic E-state index is 0.0359. The molecule has 20 heavy (non-hydrogen) atoms. The molecular formula is C12H12ClN3O3S. The lowest BCUT2D eigenvalue weighted by atomic mass is 10.1. The van der Waals surface area contributed by atoms with Gasteiger partial charge in [-0.2, -0.15) is 5.26 Å². The molecule has 0 bridgehead atoms. The van der Waals surface area contributed by atoms with E-state index in [0.717, 1.165) is 0 Å². The van der Waals surface area contributed by atoms with E-state index in [9.17, 15) is 9.59 Å². The van der Waals surface area contributed by atoms with E-state index < -0.39 is 12.0 Å². The Morgan fingerprint density at radius 3 is 2.90 bits per heavy atom. The van der Waals surface area contributed by atoms with E-state index in [4.69, 9.17) is 22.0 Å². The number of hydrogen-bond donors (Lipinski definition) is 2. The van der Waals surface area contributed by atoms with Gasteiger partial charge in [0, 0.05) is 12.6 Å². The molecule has 1 aromatic rings. The fourth-order valence-electron chi connectivity index (χ4n) is 2.22. The standard InChI is InChI=1S/C12H12ClN3O3S/c13-10-2-1-9(20-10)11(17)15-7-5-8(12(18)19)16(6-7)4-3-14/h1-2,7-8H,4-6H2,(H,15,17)(H,18,19). The number of nitrogens with zero attached hydrogens (tertiary/aromatic N) is 2. The number of nitriles is 1. The molecule has 2 atom stereocenters. The largest absolute Gasteiger partial charge is 0.480 e. The molecule has 0 saturated carbocycles. The molecule has 8 heteroatoms. The van der Waals surface area contributed by atoms with Gasteiger partial charge in [0.05, 0.1) is 21.8 Å². The van der Waals surface area contributed by atoms with Crippen molar-refractivity contribution in [3.05, 3.63) is 21.3 Å². The molecule has 1 aliphatic rings. The van der Waals surface area contributed by atoms with E-state index in [1.54, 1.807) is 17.0 Å². The summed E-state index contributed by atoms with van der Waals surface area (Å²) < 4.78 is 0.524. The Balaban J connectivity index is 1.99. The summed E-state index contributed by atoms with van der Waals surface area (Å²) in [6.45, 7) is 0.392. The number of carbonyl (C=O) groups excluding carboxylic acids is 1. The van der Waals surface area contributed by atoms with Crippen molar-refractivity contribution in [3.63, 3.8) is 0 Å². The first-order valence-corrected chi connectivity index (χ1v) is 7.10. The summed E-state index contributed by atoms with van der Waals surface area (Å²) in [5, 5.41) is 20.6. The van der Waals surface area contributed by atoms with Crippen LogP contribution in [-0.2, 0) is 4.79 Å². The van der Waals surface area contributed by atoms with Crippen LogP contribution in [0.1, 0.15) is 16.1 Å². The third-order valence-corrected chi connectivity index (χ3v) is 4.32. The van der Waals surface area contributed by atoms with Crippen molar-refractivity contribution < 1.29 is 14.7 Å². The molecule has 2 unspecified atom stereocenters. The molecule has 2 N–H and O–H groups in total. The lowest BCUT2D eigenvalue weighted by Gasteiger charge is -2.16. The molecule has 0 radical (unpaired) electrons. The first-order chi connectivity index (χ1) is 9.51. The minimum atomic E-state index is -0.976. The number of nitrogens with one attached hydrogen (secondary N) is 1. The highest BCUT2D eigenvalue weighted by molar-refractivity contribution is 7.17. The van der Waals surface area contributed by atoms with Crippen molar-refractivity contribution in [1.82, 2.24) is 10.2 Å². The van der Waals surface area contributed by atoms with Gasteiger partial charge in [0.15, 0.2) is 0 Å². The van der Waals surface area contributed by atoms with E-state index in [0.29, 0.717) is 22.2 Å².